The number of likely N-dealkylation sites (tertiary alicyclic amines) is 1. The fourth-order valence-corrected chi connectivity index (χ4v) is 4.97. The molecule has 0 radical (unpaired) electrons. The number of nitrogens with zero attached hydrogens (tertiary/aromatic N) is 3. The number of ether oxygens (including phenoxy) is 1. The number of hydrogen-bond donors (Lipinski definition) is 0. The zero-order chi connectivity index (χ0) is 27.7. The largest absolute Gasteiger partial charge is 0.493 e. The molecule has 0 aliphatic carbocycles. The molecule has 1 aliphatic heterocycles. The van der Waals surface area contributed by atoms with E-state index in [2.05, 4.69) is 4.98 Å². The van der Waals surface area contributed by atoms with E-state index in [0.29, 0.717) is 44.8 Å². The van der Waals surface area contributed by atoms with Crippen molar-refractivity contribution < 1.29 is 18.7 Å². The predicted molar refractivity (Wildman–Crippen MR) is 151 cm³/mol. The molecule has 1 saturated heterocycles. The number of hydrogen-bond acceptors (Lipinski definition) is 4. The summed E-state index contributed by atoms with van der Waals surface area (Å²) in [6.45, 7) is 1.81. The lowest BCUT2D eigenvalue weighted by Gasteiger charge is -2.26. The Morgan fingerprint density at radius 3 is 2.42 bits per heavy atom. The summed E-state index contributed by atoms with van der Waals surface area (Å²) in [5.74, 6) is 0.438. The molecule has 4 aromatic rings. The number of halogens is 1. The van der Waals surface area contributed by atoms with Crippen LogP contribution in [0.1, 0.15) is 34.6 Å². The first-order chi connectivity index (χ1) is 19.5. The van der Waals surface area contributed by atoms with E-state index in [-0.39, 0.29) is 30.1 Å². The predicted octanol–water partition coefficient (Wildman–Crippen LogP) is 5.39. The normalized spacial score (nSPS) is 14.8. The van der Waals surface area contributed by atoms with Gasteiger partial charge in [-0.1, -0.05) is 54.6 Å². The molecule has 6 nitrogen and oxygen atoms in total. The molecule has 0 spiro atoms. The van der Waals surface area contributed by atoms with Crippen molar-refractivity contribution >= 4 is 11.8 Å². The van der Waals surface area contributed by atoms with Gasteiger partial charge in [0.1, 0.15) is 11.6 Å². The fourth-order valence-electron chi connectivity index (χ4n) is 4.97. The molecule has 1 aliphatic rings. The summed E-state index contributed by atoms with van der Waals surface area (Å²) in [4.78, 5) is 33.9. The van der Waals surface area contributed by atoms with Crippen LogP contribution in [0.15, 0.2) is 103 Å². The summed E-state index contributed by atoms with van der Waals surface area (Å²) in [5.41, 5.74) is 4.01. The first kappa shape index (κ1) is 27.1. The van der Waals surface area contributed by atoms with Gasteiger partial charge in [0, 0.05) is 50.8 Å². The topological polar surface area (TPSA) is 62.7 Å². The van der Waals surface area contributed by atoms with Gasteiger partial charge in [0.05, 0.1) is 13.2 Å². The first-order valence-corrected chi connectivity index (χ1v) is 13.5. The number of rotatable bonds is 11. The van der Waals surface area contributed by atoms with Gasteiger partial charge in [-0.2, -0.15) is 0 Å². The summed E-state index contributed by atoms with van der Waals surface area (Å²) in [6.07, 6.45) is 4.49. The smallest absolute Gasteiger partial charge is 0.242 e. The van der Waals surface area contributed by atoms with Crippen LogP contribution in [0.5, 0.6) is 5.75 Å². The Bertz CT molecular complexity index is 1410. The molecule has 0 bridgehead atoms. The van der Waals surface area contributed by atoms with Crippen LogP contribution in [-0.4, -0.2) is 46.3 Å². The van der Waals surface area contributed by atoms with Gasteiger partial charge in [0.2, 0.25) is 11.8 Å². The number of benzene rings is 3. The van der Waals surface area contributed by atoms with Crippen LogP contribution in [0.3, 0.4) is 0 Å². The van der Waals surface area contributed by atoms with Crippen molar-refractivity contribution in [2.75, 3.05) is 19.7 Å². The van der Waals surface area contributed by atoms with Crippen molar-refractivity contribution in [3.05, 3.63) is 131 Å². The van der Waals surface area contributed by atoms with Crippen LogP contribution < -0.4 is 4.74 Å². The monoisotopic (exact) mass is 537 g/mol. The lowest BCUT2D eigenvalue weighted by atomic mass is 9.99. The Morgan fingerprint density at radius 1 is 0.900 bits per heavy atom. The highest BCUT2D eigenvalue weighted by atomic mass is 19.1. The zero-order valence-corrected chi connectivity index (χ0v) is 22.3. The fraction of sp³-hybridized carbons (Fsp3) is 0.242. The van der Waals surface area contributed by atoms with Crippen LogP contribution in [-0.2, 0) is 29.1 Å². The van der Waals surface area contributed by atoms with Crippen LogP contribution in [0.4, 0.5) is 4.39 Å². The molecule has 2 amide bonds. The Balaban J connectivity index is 1.24. The molecule has 0 N–H and O–H groups in total. The Hall–Kier alpha value is -4.52. The second-order valence-electron chi connectivity index (χ2n) is 10.1. The first-order valence-electron chi connectivity index (χ1n) is 13.5. The minimum absolute atomic E-state index is 0.00242. The highest BCUT2D eigenvalue weighted by molar-refractivity contribution is 5.86. The number of carbonyl (C=O) groups excluding carboxylic acids is 2. The highest BCUT2D eigenvalue weighted by Gasteiger charge is 2.32. The van der Waals surface area contributed by atoms with Crippen molar-refractivity contribution in [3.63, 3.8) is 0 Å². The molecular weight excluding hydrogens is 505 g/mol. The molecule has 1 fully saturated rings. The summed E-state index contributed by atoms with van der Waals surface area (Å²) in [7, 11) is 0. The van der Waals surface area contributed by atoms with E-state index in [9.17, 15) is 14.0 Å². The molecule has 7 heteroatoms. The van der Waals surface area contributed by atoms with Crippen molar-refractivity contribution in [1.82, 2.24) is 14.8 Å². The van der Waals surface area contributed by atoms with Crippen LogP contribution in [0.25, 0.3) is 0 Å². The quantitative estimate of drug-likeness (QED) is 0.258. The third kappa shape index (κ3) is 7.32. The van der Waals surface area contributed by atoms with Crippen molar-refractivity contribution in [1.29, 1.82) is 0 Å². The van der Waals surface area contributed by atoms with Gasteiger partial charge < -0.3 is 14.5 Å². The van der Waals surface area contributed by atoms with Crippen molar-refractivity contribution in [3.8, 4) is 5.75 Å². The van der Waals surface area contributed by atoms with Gasteiger partial charge in [-0.3, -0.25) is 14.6 Å². The van der Waals surface area contributed by atoms with Crippen molar-refractivity contribution in [2.24, 2.45) is 0 Å². The van der Waals surface area contributed by atoms with Gasteiger partial charge in [-0.25, -0.2) is 4.39 Å². The summed E-state index contributed by atoms with van der Waals surface area (Å²) >= 11 is 0. The third-order valence-electron chi connectivity index (χ3n) is 7.13. The molecule has 1 atom stereocenters. The number of amides is 2. The summed E-state index contributed by atoms with van der Waals surface area (Å²) < 4.78 is 19.1. The Labute approximate surface area is 234 Å². The molecule has 5 rings (SSSR count). The second kappa shape index (κ2) is 13.0. The van der Waals surface area contributed by atoms with E-state index >= 15 is 0 Å². The van der Waals surface area contributed by atoms with Gasteiger partial charge in [-0.15, -0.1) is 0 Å². The molecular formula is C33H32FN3O3. The number of aromatic nitrogens is 1. The summed E-state index contributed by atoms with van der Waals surface area (Å²) in [5, 5.41) is 0. The van der Waals surface area contributed by atoms with E-state index in [0.717, 1.165) is 22.3 Å². The van der Waals surface area contributed by atoms with Gasteiger partial charge >= 0.3 is 0 Å². The second-order valence-corrected chi connectivity index (χ2v) is 10.1. The van der Waals surface area contributed by atoms with E-state index in [1.807, 2.05) is 66.7 Å². The van der Waals surface area contributed by atoms with Crippen molar-refractivity contribution in [2.45, 2.75) is 31.8 Å². The number of carbonyl (C=O) groups is 2. The number of pyridine rings is 1. The Kier molecular flexibility index (Phi) is 8.81. The SMILES string of the molecule is O=C(CN1C[C@H](c2ccccc2)CC1=O)N(Cc1ccncc1)Cc1cccc(OCCc2ccc(F)cc2)c1. The van der Waals surface area contributed by atoms with Gasteiger partial charge in [0.25, 0.3) is 0 Å². The molecule has 40 heavy (non-hydrogen) atoms. The summed E-state index contributed by atoms with van der Waals surface area (Å²) in [6, 6.07) is 27.9. The molecule has 0 unspecified atom stereocenters. The van der Waals surface area contributed by atoms with Crippen LogP contribution in [0.2, 0.25) is 0 Å². The Morgan fingerprint density at radius 2 is 1.65 bits per heavy atom. The molecule has 3 aromatic carbocycles. The average Bonchev–Trinajstić information content (AvgIpc) is 3.35. The maximum atomic E-state index is 13.6. The standard InChI is InChI=1S/C33H32FN3O3/c34-30-11-9-25(10-12-30)15-18-40-31-8-4-5-27(19-31)22-36(21-26-13-16-35-17-14-26)33(39)24-37-23-29(20-32(37)38)28-6-2-1-3-7-28/h1-14,16-17,19,29H,15,18,20-24H2/t29-/m1/s1. The minimum atomic E-state index is -0.256. The van der Waals surface area contributed by atoms with E-state index in [4.69, 9.17) is 4.74 Å². The maximum Gasteiger partial charge on any atom is 0.242 e. The lowest BCUT2D eigenvalue weighted by Crippen LogP contribution is -2.40. The van der Waals surface area contributed by atoms with E-state index in [1.54, 1.807) is 34.3 Å². The minimum Gasteiger partial charge on any atom is -0.493 e. The van der Waals surface area contributed by atoms with Gasteiger partial charge in [0.15, 0.2) is 0 Å². The molecule has 204 valence electrons. The van der Waals surface area contributed by atoms with E-state index < -0.39 is 0 Å². The third-order valence-corrected chi connectivity index (χ3v) is 7.13. The van der Waals surface area contributed by atoms with Crippen LogP contribution >= 0.6 is 0 Å². The van der Waals surface area contributed by atoms with Crippen LogP contribution in [0, 0.1) is 5.82 Å². The molecule has 2 heterocycles. The average molecular weight is 538 g/mol. The molecule has 1 aromatic heterocycles. The zero-order valence-electron chi connectivity index (χ0n) is 22.3. The molecule has 0 saturated carbocycles. The van der Waals surface area contributed by atoms with E-state index in [1.165, 1.54) is 12.1 Å². The maximum absolute atomic E-state index is 13.6. The highest BCUT2D eigenvalue weighted by Crippen LogP contribution is 2.28. The lowest BCUT2D eigenvalue weighted by molar-refractivity contribution is -0.139. The van der Waals surface area contributed by atoms with Gasteiger partial charge in [-0.05, 0) is 58.7 Å².